The second kappa shape index (κ2) is 5.19. The summed E-state index contributed by atoms with van der Waals surface area (Å²) in [4.78, 5) is 11.4. The summed E-state index contributed by atoms with van der Waals surface area (Å²) >= 11 is 0. The fourth-order valence-electron chi connectivity index (χ4n) is 1.90. The average molecular weight is 263 g/mol. The number of aryl methyl sites for hydroxylation is 1. The molecular formula is C14H21N3O2. The maximum atomic E-state index is 11.4. The Morgan fingerprint density at radius 1 is 1.37 bits per heavy atom. The van der Waals surface area contributed by atoms with Crippen LogP contribution in [0.15, 0.2) is 27.4 Å². The van der Waals surface area contributed by atoms with Crippen molar-refractivity contribution < 1.29 is 4.42 Å². The third-order valence-electron chi connectivity index (χ3n) is 3.43. The molecule has 0 aliphatic rings. The predicted molar refractivity (Wildman–Crippen MR) is 76.3 cm³/mol. The maximum Gasteiger partial charge on any atom is 0.419 e. The van der Waals surface area contributed by atoms with Crippen molar-refractivity contribution in [3.05, 3.63) is 34.3 Å². The fraction of sp³-hybridized carbons (Fsp3) is 0.500. The number of nitrogens with one attached hydrogen (secondary N) is 2. The largest absolute Gasteiger partial charge is 0.419 e. The summed E-state index contributed by atoms with van der Waals surface area (Å²) in [7, 11) is 3.66. The molecule has 0 unspecified atom stereocenters. The second-order valence-electron chi connectivity index (χ2n) is 5.47. The van der Waals surface area contributed by atoms with E-state index in [2.05, 4.69) is 24.5 Å². The average Bonchev–Trinajstić information content (AvgIpc) is 2.65. The van der Waals surface area contributed by atoms with Crippen LogP contribution >= 0.6 is 0 Å². The zero-order chi connectivity index (χ0) is 14.0. The summed E-state index contributed by atoms with van der Waals surface area (Å²) < 4.78 is 6.69. The molecule has 0 bridgehead atoms. The Kier molecular flexibility index (Phi) is 3.78. The van der Waals surface area contributed by atoms with Gasteiger partial charge < -0.3 is 15.1 Å². The minimum absolute atomic E-state index is 0.0589. The van der Waals surface area contributed by atoms with E-state index in [0.29, 0.717) is 5.58 Å². The first kappa shape index (κ1) is 13.8. The molecule has 1 heterocycles. The van der Waals surface area contributed by atoms with E-state index in [1.807, 2.05) is 25.2 Å². The van der Waals surface area contributed by atoms with Gasteiger partial charge in [-0.2, -0.15) is 0 Å². The van der Waals surface area contributed by atoms with Gasteiger partial charge in [0.15, 0.2) is 5.58 Å². The van der Waals surface area contributed by atoms with Gasteiger partial charge in [0.25, 0.3) is 0 Å². The Morgan fingerprint density at radius 2 is 2.11 bits per heavy atom. The molecule has 0 radical (unpaired) electrons. The van der Waals surface area contributed by atoms with Gasteiger partial charge in [0.2, 0.25) is 0 Å². The second-order valence-corrected chi connectivity index (χ2v) is 5.47. The predicted octanol–water partition coefficient (Wildman–Crippen LogP) is 1.22. The first-order valence-corrected chi connectivity index (χ1v) is 6.41. The Labute approximate surface area is 112 Å². The maximum absolute atomic E-state index is 11.4. The molecule has 1 aromatic heterocycles. The van der Waals surface area contributed by atoms with Crippen molar-refractivity contribution in [3.8, 4) is 0 Å². The molecule has 104 valence electrons. The van der Waals surface area contributed by atoms with Crippen LogP contribution in [0, 0.1) is 0 Å². The van der Waals surface area contributed by atoms with E-state index < -0.39 is 0 Å². The molecule has 0 saturated carbocycles. The zero-order valence-electron chi connectivity index (χ0n) is 11.9. The molecule has 0 spiro atoms. The van der Waals surface area contributed by atoms with Gasteiger partial charge in [-0.15, -0.1) is 0 Å². The van der Waals surface area contributed by atoms with Crippen molar-refractivity contribution in [3.63, 3.8) is 0 Å². The van der Waals surface area contributed by atoms with E-state index in [1.165, 1.54) is 4.57 Å². The van der Waals surface area contributed by atoms with E-state index in [0.717, 1.165) is 24.2 Å². The highest BCUT2D eigenvalue weighted by atomic mass is 16.4. The summed E-state index contributed by atoms with van der Waals surface area (Å²) in [5, 5.41) is 6.63. The normalized spacial score (nSPS) is 12.2. The van der Waals surface area contributed by atoms with Crippen LogP contribution in [-0.4, -0.2) is 23.7 Å². The highest BCUT2D eigenvalue weighted by Crippen LogP contribution is 2.14. The van der Waals surface area contributed by atoms with Crippen LogP contribution in [0.25, 0.3) is 11.1 Å². The van der Waals surface area contributed by atoms with E-state index in [-0.39, 0.29) is 11.3 Å². The standard InChI is InChI=1S/C14H21N3O2/c1-14(2,15-3)9-16-8-10-5-6-11-12(7-10)19-13(18)17(11)4/h5-7,15-16H,8-9H2,1-4H3. The van der Waals surface area contributed by atoms with Gasteiger partial charge in [-0.1, -0.05) is 6.07 Å². The summed E-state index contributed by atoms with van der Waals surface area (Å²) in [6, 6.07) is 5.84. The van der Waals surface area contributed by atoms with Gasteiger partial charge in [-0.25, -0.2) is 4.79 Å². The molecule has 0 fully saturated rings. The Morgan fingerprint density at radius 3 is 2.79 bits per heavy atom. The molecule has 2 N–H and O–H groups in total. The smallest absolute Gasteiger partial charge is 0.408 e. The molecule has 2 aromatic rings. The minimum Gasteiger partial charge on any atom is -0.408 e. The van der Waals surface area contributed by atoms with Crippen LogP contribution in [0.4, 0.5) is 0 Å². The third kappa shape index (κ3) is 3.05. The Hall–Kier alpha value is -1.59. The number of benzene rings is 1. The van der Waals surface area contributed by atoms with Crippen molar-refractivity contribution in [1.29, 1.82) is 0 Å². The van der Waals surface area contributed by atoms with Crippen LogP contribution in [0.1, 0.15) is 19.4 Å². The third-order valence-corrected chi connectivity index (χ3v) is 3.43. The minimum atomic E-state index is -0.323. The van der Waals surface area contributed by atoms with Crippen LogP contribution in [0.3, 0.4) is 0 Å². The number of nitrogens with zero attached hydrogens (tertiary/aromatic N) is 1. The van der Waals surface area contributed by atoms with E-state index in [4.69, 9.17) is 4.42 Å². The highest BCUT2D eigenvalue weighted by Gasteiger charge is 2.13. The topological polar surface area (TPSA) is 59.2 Å². The lowest BCUT2D eigenvalue weighted by Gasteiger charge is -2.24. The monoisotopic (exact) mass is 263 g/mol. The number of aromatic nitrogens is 1. The van der Waals surface area contributed by atoms with Crippen LogP contribution in [0.5, 0.6) is 0 Å². The first-order chi connectivity index (χ1) is 8.93. The SMILES string of the molecule is CNC(C)(C)CNCc1ccc2c(c1)oc(=O)n2C. The van der Waals surface area contributed by atoms with Crippen molar-refractivity contribution in [2.24, 2.45) is 7.05 Å². The number of hydrogen-bond acceptors (Lipinski definition) is 4. The van der Waals surface area contributed by atoms with Crippen molar-refractivity contribution in [2.75, 3.05) is 13.6 Å². The quantitative estimate of drug-likeness (QED) is 0.851. The van der Waals surface area contributed by atoms with Gasteiger partial charge >= 0.3 is 5.76 Å². The molecular weight excluding hydrogens is 242 g/mol. The molecule has 5 heteroatoms. The summed E-state index contributed by atoms with van der Waals surface area (Å²) in [5.74, 6) is -0.323. The number of rotatable bonds is 5. The van der Waals surface area contributed by atoms with Gasteiger partial charge in [-0.3, -0.25) is 4.57 Å². The molecule has 0 aliphatic heterocycles. The lowest BCUT2D eigenvalue weighted by Crippen LogP contribution is -2.45. The van der Waals surface area contributed by atoms with Crippen molar-refractivity contribution >= 4 is 11.1 Å². The van der Waals surface area contributed by atoms with Crippen LogP contribution in [-0.2, 0) is 13.6 Å². The van der Waals surface area contributed by atoms with Gasteiger partial charge in [0.1, 0.15) is 0 Å². The van der Waals surface area contributed by atoms with E-state index >= 15 is 0 Å². The molecule has 5 nitrogen and oxygen atoms in total. The summed E-state index contributed by atoms with van der Waals surface area (Å²) in [5.41, 5.74) is 2.63. The van der Waals surface area contributed by atoms with Gasteiger partial charge in [0, 0.05) is 25.7 Å². The first-order valence-electron chi connectivity index (χ1n) is 6.41. The molecule has 2 rings (SSSR count). The number of hydrogen-bond donors (Lipinski definition) is 2. The molecule has 0 saturated heterocycles. The summed E-state index contributed by atoms with van der Waals surface area (Å²) in [6.45, 7) is 5.89. The Bertz CT molecular complexity index is 625. The van der Waals surface area contributed by atoms with Crippen molar-refractivity contribution in [1.82, 2.24) is 15.2 Å². The molecule has 1 aromatic carbocycles. The number of fused-ring (bicyclic) bond motifs is 1. The van der Waals surface area contributed by atoms with Crippen LogP contribution < -0.4 is 16.4 Å². The van der Waals surface area contributed by atoms with Gasteiger partial charge in [0.05, 0.1) is 5.52 Å². The lowest BCUT2D eigenvalue weighted by molar-refractivity contribution is 0.393. The van der Waals surface area contributed by atoms with E-state index in [9.17, 15) is 4.79 Å². The molecule has 0 atom stereocenters. The zero-order valence-corrected chi connectivity index (χ0v) is 11.9. The molecule has 0 aliphatic carbocycles. The van der Waals surface area contributed by atoms with Gasteiger partial charge in [-0.05, 0) is 38.6 Å². The Balaban J connectivity index is 2.08. The van der Waals surface area contributed by atoms with Crippen LogP contribution in [0.2, 0.25) is 0 Å². The summed E-state index contributed by atoms with van der Waals surface area (Å²) in [6.07, 6.45) is 0. The van der Waals surface area contributed by atoms with E-state index in [1.54, 1.807) is 7.05 Å². The number of likely N-dealkylation sites (N-methyl/N-ethyl adjacent to an activating group) is 1. The molecule has 19 heavy (non-hydrogen) atoms. The fourth-order valence-corrected chi connectivity index (χ4v) is 1.90. The van der Waals surface area contributed by atoms with Crippen molar-refractivity contribution in [2.45, 2.75) is 25.9 Å². The molecule has 0 amide bonds. The number of oxazole rings is 1. The highest BCUT2D eigenvalue weighted by molar-refractivity contribution is 5.73. The lowest BCUT2D eigenvalue weighted by atomic mass is 10.1.